The van der Waals surface area contributed by atoms with Gasteiger partial charge in [0.15, 0.2) is 0 Å². The molecule has 0 rings (SSSR count). The SMILES string of the molecule is CCOC(=O)C(CC)(C(C)C)C(C)C(=O)O. The molecule has 0 aromatic heterocycles. The highest BCUT2D eigenvalue weighted by atomic mass is 16.5. The lowest BCUT2D eigenvalue weighted by Crippen LogP contribution is -2.46. The third kappa shape index (κ3) is 2.54. The van der Waals surface area contributed by atoms with Crippen LogP contribution < -0.4 is 0 Å². The van der Waals surface area contributed by atoms with Crippen LogP contribution in [0, 0.1) is 17.3 Å². The third-order valence-electron chi connectivity index (χ3n) is 3.41. The Kier molecular flexibility index (Phi) is 5.48. The Hall–Kier alpha value is -1.06. The highest BCUT2D eigenvalue weighted by Crippen LogP contribution is 2.40. The monoisotopic (exact) mass is 230 g/mol. The molecule has 1 N–H and O–H groups in total. The predicted molar refractivity (Wildman–Crippen MR) is 61.0 cm³/mol. The van der Waals surface area contributed by atoms with Gasteiger partial charge in [-0.2, -0.15) is 0 Å². The van der Waals surface area contributed by atoms with Crippen molar-refractivity contribution < 1.29 is 19.4 Å². The Labute approximate surface area is 97.0 Å². The number of carboxylic acids is 1. The first-order valence-electron chi connectivity index (χ1n) is 5.74. The van der Waals surface area contributed by atoms with E-state index >= 15 is 0 Å². The van der Waals surface area contributed by atoms with Crippen molar-refractivity contribution in [2.75, 3.05) is 6.61 Å². The van der Waals surface area contributed by atoms with Gasteiger partial charge < -0.3 is 9.84 Å². The summed E-state index contributed by atoms with van der Waals surface area (Å²) in [6.07, 6.45) is 0.469. The molecule has 16 heavy (non-hydrogen) atoms. The molecule has 2 atom stereocenters. The van der Waals surface area contributed by atoms with Crippen LogP contribution in [-0.2, 0) is 14.3 Å². The van der Waals surface area contributed by atoms with Gasteiger partial charge in [-0.1, -0.05) is 27.7 Å². The molecule has 0 amide bonds. The molecule has 0 aliphatic carbocycles. The van der Waals surface area contributed by atoms with Crippen LogP contribution in [0.2, 0.25) is 0 Å². The summed E-state index contributed by atoms with van der Waals surface area (Å²) in [7, 11) is 0. The van der Waals surface area contributed by atoms with E-state index in [0.717, 1.165) is 0 Å². The fourth-order valence-electron chi connectivity index (χ4n) is 2.26. The normalized spacial score (nSPS) is 16.6. The number of esters is 1. The molecule has 94 valence electrons. The molecule has 0 aromatic carbocycles. The average molecular weight is 230 g/mol. The number of hydrogen-bond acceptors (Lipinski definition) is 3. The van der Waals surface area contributed by atoms with Crippen LogP contribution in [0.4, 0.5) is 0 Å². The van der Waals surface area contributed by atoms with Crippen molar-refractivity contribution in [2.45, 2.75) is 41.0 Å². The van der Waals surface area contributed by atoms with E-state index in [1.807, 2.05) is 20.8 Å². The second-order valence-corrected chi connectivity index (χ2v) is 4.33. The molecule has 0 aliphatic heterocycles. The zero-order valence-electron chi connectivity index (χ0n) is 10.7. The van der Waals surface area contributed by atoms with Crippen LogP contribution in [0.3, 0.4) is 0 Å². The van der Waals surface area contributed by atoms with E-state index in [1.54, 1.807) is 13.8 Å². The molecular weight excluding hydrogens is 208 g/mol. The lowest BCUT2D eigenvalue weighted by atomic mass is 9.66. The minimum atomic E-state index is -0.955. The molecule has 4 nitrogen and oxygen atoms in total. The fraction of sp³-hybridized carbons (Fsp3) is 0.833. The van der Waals surface area contributed by atoms with E-state index in [-0.39, 0.29) is 12.5 Å². The van der Waals surface area contributed by atoms with Gasteiger partial charge in [0.2, 0.25) is 0 Å². The Bertz CT molecular complexity index is 260. The van der Waals surface area contributed by atoms with Gasteiger partial charge in [0.25, 0.3) is 0 Å². The smallest absolute Gasteiger partial charge is 0.313 e. The summed E-state index contributed by atoms with van der Waals surface area (Å²) in [5.41, 5.74) is -0.929. The molecule has 2 unspecified atom stereocenters. The minimum absolute atomic E-state index is 0.0670. The summed E-state index contributed by atoms with van der Waals surface area (Å²) in [4.78, 5) is 23.1. The van der Waals surface area contributed by atoms with Crippen molar-refractivity contribution >= 4 is 11.9 Å². The largest absolute Gasteiger partial charge is 0.481 e. The van der Waals surface area contributed by atoms with E-state index in [0.29, 0.717) is 6.42 Å². The van der Waals surface area contributed by atoms with Crippen molar-refractivity contribution in [3.8, 4) is 0 Å². The van der Waals surface area contributed by atoms with Gasteiger partial charge in [0, 0.05) is 0 Å². The molecule has 4 heteroatoms. The zero-order chi connectivity index (χ0) is 12.9. The van der Waals surface area contributed by atoms with E-state index in [4.69, 9.17) is 9.84 Å². The fourth-order valence-corrected chi connectivity index (χ4v) is 2.26. The first-order chi connectivity index (χ1) is 7.34. The summed E-state index contributed by atoms with van der Waals surface area (Å²) in [5, 5.41) is 9.11. The summed E-state index contributed by atoms with van der Waals surface area (Å²) >= 11 is 0. The Morgan fingerprint density at radius 1 is 1.25 bits per heavy atom. The number of hydrogen-bond donors (Lipinski definition) is 1. The van der Waals surface area contributed by atoms with Gasteiger partial charge in [0.05, 0.1) is 17.9 Å². The highest BCUT2D eigenvalue weighted by molar-refractivity contribution is 5.84. The molecule has 0 saturated heterocycles. The molecule has 0 spiro atoms. The van der Waals surface area contributed by atoms with Crippen molar-refractivity contribution in [3.63, 3.8) is 0 Å². The molecule has 0 aliphatic rings. The van der Waals surface area contributed by atoms with Gasteiger partial charge in [-0.05, 0) is 19.3 Å². The molecule has 0 heterocycles. The lowest BCUT2D eigenvalue weighted by molar-refractivity contribution is -0.170. The number of aliphatic carboxylic acids is 1. The van der Waals surface area contributed by atoms with Crippen LogP contribution in [-0.4, -0.2) is 23.7 Å². The molecule has 0 aromatic rings. The summed E-state index contributed by atoms with van der Waals surface area (Å²) in [5.74, 6) is -2.16. The minimum Gasteiger partial charge on any atom is -0.481 e. The maximum absolute atomic E-state index is 12.0. The van der Waals surface area contributed by atoms with Gasteiger partial charge in [-0.15, -0.1) is 0 Å². The van der Waals surface area contributed by atoms with Crippen molar-refractivity contribution in [1.82, 2.24) is 0 Å². The van der Waals surface area contributed by atoms with Crippen LogP contribution in [0.1, 0.15) is 41.0 Å². The van der Waals surface area contributed by atoms with Crippen molar-refractivity contribution in [1.29, 1.82) is 0 Å². The Morgan fingerprint density at radius 2 is 1.75 bits per heavy atom. The van der Waals surface area contributed by atoms with Crippen LogP contribution >= 0.6 is 0 Å². The summed E-state index contributed by atoms with van der Waals surface area (Å²) in [6.45, 7) is 9.13. The number of rotatable bonds is 6. The maximum atomic E-state index is 12.0. The third-order valence-corrected chi connectivity index (χ3v) is 3.41. The predicted octanol–water partition coefficient (Wildman–Crippen LogP) is 2.32. The Morgan fingerprint density at radius 3 is 2.00 bits per heavy atom. The highest BCUT2D eigenvalue weighted by Gasteiger charge is 2.49. The van der Waals surface area contributed by atoms with Crippen molar-refractivity contribution in [2.24, 2.45) is 17.3 Å². The van der Waals surface area contributed by atoms with E-state index in [9.17, 15) is 9.59 Å². The second kappa shape index (κ2) is 5.87. The average Bonchev–Trinajstić information content (AvgIpc) is 2.19. The van der Waals surface area contributed by atoms with E-state index < -0.39 is 23.3 Å². The zero-order valence-corrected chi connectivity index (χ0v) is 10.7. The Balaban J connectivity index is 5.31. The van der Waals surface area contributed by atoms with Gasteiger partial charge in [-0.3, -0.25) is 9.59 Å². The number of carbonyl (C=O) groups excluding carboxylic acids is 1. The summed E-state index contributed by atoms with van der Waals surface area (Å²) in [6, 6.07) is 0. The standard InChI is InChI=1S/C12H22O4/c1-6-12(8(3)4,9(5)10(13)14)11(15)16-7-2/h8-9H,6-7H2,1-5H3,(H,13,14). The van der Waals surface area contributed by atoms with Crippen LogP contribution in [0.15, 0.2) is 0 Å². The molecule has 0 saturated carbocycles. The number of carbonyl (C=O) groups is 2. The lowest BCUT2D eigenvalue weighted by Gasteiger charge is -2.37. The van der Waals surface area contributed by atoms with Gasteiger partial charge >= 0.3 is 11.9 Å². The molecule has 0 radical (unpaired) electrons. The molecular formula is C12H22O4. The van der Waals surface area contributed by atoms with E-state index in [1.165, 1.54) is 0 Å². The van der Waals surface area contributed by atoms with Crippen molar-refractivity contribution in [3.05, 3.63) is 0 Å². The maximum Gasteiger partial charge on any atom is 0.313 e. The van der Waals surface area contributed by atoms with E-state index in [2.05, 4.69) is 0 Å². The number of carboxylic acid groups (broad SMARTS) is 1. The van der Waals surface area contributed by atoms with Gasteiger partial charge in [-0.25, -0.2) is 0 Å². The quantitative estimate of drug-likeness (QED) is 0.711. The second-order valence-electron chi connectivity index (χ2n) is 4.33. The van der Waals surface area contributed by atoms with Crippen LogP contribution in [0.5, 0.6) is 0 Å². The molecule has 0 bridgehead atoms. The molecule has 0 fully saturated rings. The van der Waals surface area contributed by atoms with Gasteiger partial charge in [0.1, 0.15) is 0 Å². The van der Waals surface area contributed by atoms with Crippen LogP contribution in [0.25, 0.3) is 0 Å². The first kappa shape index (κ1) is 14.9. The number of ether oxygens (including phenoxy) is 1. The first-order valence-corrected chi connectivity index (χ1v) is 5.74. The topological polar surface area (TPSA) is 63.6 Å². The summed E-state index contributed by atoms with van der Waals surface area (Å²) < 4.78 is 5.03.